The third-order valence-electron chi connectivity index (χ3n) is 3.05. The number of nitrogens with zero attached hydrogens (tertiary/aromatic N) is 3. The second kappa shape index (κ2) is 7.75. The van der Waals surface area contributed by atoms with Gasteiger partial charge in [-0.2, -0.15) is 0 Å². The van der Waals surface area contributed by atoms with Crippen LogP contribution < -0.4 is 22.9 Å². The van der Waals surface area contributed by atoms with E-state index in [1.807, 2.05) is 0 Å². The summed E-state index contributed by atoms with van der Waals surface area (Å²) in [5.74, 6) is 0.238. The predicted molar refractivity (Wildman–Crippen MR) is 77.3 cm³/mol. The Balaban J connectivity index is 4.44. The van der Waals surface area contributed by atoms with Crippen LogP contribution in [0.5, 0.6) is 0 Å². The number of aliphatic imine (C=N–C) groups is 2. The van der Waals surface area contributed by atoms with Gasteiger partial charge in [0.15, 0.2) is 11.9 Å². The molecular formula is C11H27N7. The van der Waals surface area contributed by atoms with Gasteiger partial charge in [0.1, 0.15) is 0 Å². The maximum Gasteiger partial charge on any atom is 0.185 e. The molecule has 0 aliphatic rings. The topological polar surface area (TPSA) is 132 Å². The van der Waals surface area contributed by atoms with Crippen LogP contribution >= 0.6 is 0 Å². The molecule has 0 aromatic carbocycles. The summed E-state index contributed by atoms with van der Waals surface area (Å²) < 4.78 is 0. The van der Waals surface area contributed by atoms with Gasteiger partial charge < -0.3 is 22.9 Å². The molecule has 0 bridgehead atoms. The highest BCUT2D eigenvalue weighted by atomic mass is 15.2. The van der Waals surface area contributed by atoms with Gasteiger partial charge in [0, 0.05) is 18.6 Å². The van der Waals surface area contributed by atoms with E-state index < -0.39 is 0 Å². The average molecular weight is 257 g/mol. The maximum atomic E-state index is 5.31. The van der Waals surface area contributed by atoms with Crippen LogP contribution in [0.1, 0.15) is 27.2 Å². The lowest BCUT2D eigenvalue weighted by Gasteiger charge is -2.37. The molecule has 18 heavy (non-hydrogen) atoms. The quantitative estimate of drug-likeness (QED) is 0.328. The molecule has 0 aliphatic carbocycles. The highest BCUT2D eigenvalue weighted by molar-refractivity contribution is 5.75. The Morgan fingerprint density at radius 3 is 1.61 bits per heavy atom. The van der Waals surface area contributed by atoms with Crippen molar-refractivity contribution in [3.63, 3.8) is 0 Å². The van der Waals surface area contributed by atoms with Gasteiger partial charge in [-0.25, -0.2) is 0 Å². The minimum absolute atomic E-state index is 0.0672. The molecule has 0 atom stereocenters. The van der Waals surface area contributed by atoms with Crippen molar-refractivity contribution in [3.8, 4) is 0 Å². The first-order valence-corrected chi connectivity index (χ1v) is 6.15. The van der Waals surface area contributed by atoms with Crippen molar-refractivity contribution >= 4 is 11.9 Å². The first-order valence-electron chi connectivity index (χ1n) is 6.15. The summed E-state index contributed by atoms with van der Waals surface area (Å²) >= 11 is 0. The van der Waals surface area contributed by atoms with Gasteiger partial charge in [-0.05, 0) is 20.3 Å². The molecule has 0 radical (unpaired) electrons. The Kier molecular flexibility index (Phi) is 7.11. The fourth-order valence-corrected chi connectivity index (χ4v) is 1.54. The molecule has 7 nitrogen and oxygen atoms in total. The third-order valence-corrected chi connectivity index (χ3v) is 3.05. The molecule has 0 aromatic rings. The summed E-state index contributed by atoms with van der Waals surface area (Å²) in [5.41, 5.74) is 21.3. The Bertz CT molecular complexity index is 266. The number of guanidine groups is 2. The lowest BCUT2D eigenvalue weighted by Crippen LogP contribution is -2.46. The number of hydrogen-bond acceptors (Lipinski definition) is 3. The van der Waals surface area contributed by atoms with Gasteiger partial charge in [-0.3, -0.25) is 14.9 Å². The zero-order chi connectivity index (χ0) is 14.2. The second-order valence-corrected chi connectivity index (χ2v) is 4.77. The van der Waals surface area contributed by atoms with E-state index in [2.05, 4.69) is 35.7 Å². The summed E-state index contributed by atoms with van der Waals surface area (Å²) in [5, 5.41) is 0. The summed E-state index contributed by atoms with van der Waals surface area (Å²) in [6.07, 6.45) is 1.02. The Hall–Kier alpha value is -1.50. The molecule has 0 heterocycles. The van der Waals surface area contributed by atoms with Crippen LogP contribution in [0.2, 0.25) is 0 Å². The van der Waals surface area contributed by atoms with E-state index in [1.54, 1.807) is 0 Å². The highest BCUT2D eigenvalue weighted by Crippen LogP contribution is 2.17. The fourth-order valence-electron chi connectivity index (χ4n) is 1.54. The van der Waals surface area contributed by atoms with Gasteiger partial charge in [0.05, 0.1) is 13.1 Å². The van der Waals surface area contributed by atoms with Crippen LogP contribution in [-0.2, 0) is 0 Å². The maximum absolute atomic E-state index is 5.31. The molecule has 0 rings (SSSR count). The van der Waals surface area contributed by atoms with Gasteiger partial charge in [-0.1, -0.05) is 6.92 Å². The summed E-state index contributed by atoms with van der Waals surface area (Å²) in [7, 11) is 0. The number of hydrogen-bond donors (Lipinski definition) is 4. The molecule has 0 saturated carbocycles. The van der Waals surface area contributed by atoms with Crippen molar-refractivity contribution in [1.82, 2.24) is 4.90 Å². The minimum atomic E-state index is 0.0672. The highest BCUT2D eigenvalue weighted by Gasteiger charge is 2.23. The normalized spacial score (nSPS) is 11.3. The van der Waals surface area contributed by atoms with Crippen LogP contribution in [0.25, 0.3) is 0 Å². The molecule has 0 aromatic heterocycles. The van der Waals surface area contributed by atoms with Crippen molar-refractivity contribution < 1.29 is 0 Å². The van der Waals surface area contributed by atoms with Gasteiger partial charge in [0.2, 0.25) is 0 Å². The minimum Gasteiger partial charge on any atom is -0.370 e. The lowest BCUT2D eigenvalue weighted by molar-refractivity contribution is 0.124. The van der Waals surface area contributed by atoms with Crippen molar-refractivity contribution in [2.45, 2.75) is 32.7 Å². The van der Waals surface area contributed by atoms with E-state index >= 15 is 0 Å². The van der Waals surface area contributed by atoms with E-state index in [1.165, 1.54) is 0 Å². The summed E-state index contributed by atoms with van der Waals surface area (Å²) in [6, 6.07) is 0. The second-order valence-electron chi connectivity index (χ2n) is 4.77. The third kappa shape index (κ3) is 6.95. The Labute approximate surface area is 109 Å². The van der Waals surface area contributed by atoms with E-state index in [0.29, 0.717) is 13.1 Å². The zero-order valence-corrected chi connectivity index (χ0v) is 11.7. The van der Waals surface area contributed by atoms with Gasteiger partial charge >= 0.3 is 0 Å². The van der Waals surface area contributed by atoms with Crippen molar-refractivity contribution in [1.29, 1.82) is 0 Å². The molecule has 7 heteroatoms. The van der Waals surface area contributed by atoms with E-state index in [-0.39, 0.29) is 17.5 Å². The first-order chi connectivity index (χ1) is 8.29. The molecule has 0 spiro atoms. The smallest absolute Gasteiger partial charge is 0.185 e. The monoisotopic (exact) mass is 257 g/mol. The average Bonchev–Trinajstić information content (AvgIpc) is 2.26. The lowest BCUT2D eigenvalue weighted by atomic mass is 9.99. The fraction of sp³-hybridized carbons (Fsp3) is 0.818. The first kappa shape index (κ1) is 16.5. The predicted octanol–water partition coefficient (Wildman–Crippen LogP) is -0.976. The SMILES string of the molecule is CCC(C)(C)N(CCN=C(N)N)CCN=C(N)N. The molecule has 0 unspecified atom stereocenters. The largest absolute Gasteiger partial charge is 0.370 e. The molecule has 0 aliphatic heterocycles. The van der Waals surface area contributed by atoms with Gasteiger partial charge in [-0.15, -0.1) is 0 Å². The Morgan fingerprint density at radius 1 is 0.944 bits per heavy atom. The molecule has 0 fully saturated rings. The standard InChI is InChI=1S/C11H27N7/c1-4-11(2,3)18(7-5-16-9(12)13)8-6-17-10(14)15/h4-8H2,1-3H3,(H4,12,13,16)(H4,14,15,17). The molecule has 0 saturated heterocycles. The molecule has 106 valence electrons. The Morgan fingerprint density at radius 2 is 1.33 bits per heavy atom. The van der Waals surface area contributed by atoms with Crippen molar-refractivity contribution in [3.05, 3.63) is 0 Å². The van der Waals surface area contributed by atoms with Crippen LogP contribution in [0.3, 0.4) is 0 Å². The molecule has 0 amide bonds. The van der Waals surface area contributed by atoms with Gasteiger partial charge in [0.25, 0.3) is 0 Å². The van der Waals surface area contributed by atoms with Crippen molar-refractivity contribution in [2.24, 2.45) is 32.9 Å². The molecule has 8 N–H and O–H groups in total. The summed E-state index contributed by atoms with van der Waals surface area (Å²) in [6.45, 7) is 9.21. The van der Waals surface area contributed by atoms with E-state index in [9.17, 15) is 0 Å². The van der Waals surface area contributed by atoms with Crippen LogP contribution in [0, 0.1) is 0 Å². The number of nitrogens with two attached hydrogens (primary N) is 4. The van der Waals surface area contributed by atoms with Crippen molar-refractivity contribution in [2.75, 3.05) is 26.2 Å². The van der Waals surface area contributed by atoms with E-state index in [4.69, 9.17) is 22.9 Å². The summed E-state index contributed by atoms with van der Waals surface area (Å²) in [4.78, 5) is 10.3. The molecular weight excluding hydrogens is 230 g/mol. The number of rotatable bonds is 8. The van der Waals surface area contributed by atoms with Crippen LogP contribution in [0.15, 0.2) is 9.98 Å². The van der Waals surface area contributed by atoms with Crippen LogP contribution in [0.4, 0.5) is 0 Å². The zero-order valence-electron chi connectivity index (χ0n) is 11.7. The van der Waals surface area contributed by atoms with E-state index in [0.717, 1.165) is 19.5 Å². The van der Waals surface area contributed by atoms with Crippen LogP contribution in [-0.4, -0.2) is 48.5 Å².